The van der Waals surface area contributed by atoms with Gasteiger partial charge in [-0.2, -0.15) is 5.26 Å². The number of nitrogens with one attached hydrogen (secondary N) is 4. The Morgan fingerprint density at radius 2 is 2.03 bits per heavy atom. The summed E-state index contributed by atoms with van der Waals surface area (Å²) >= 11 is 0. The van der Waals surface area contributed by atoms with Crippen LogP contribution in [0.3, 0.4) is 0 Å². The molecule has 188 valence electrons. The van der Waals surface area contributed by atoms with Crippen LogP contribution in [0.25, 0.3) is 10.9 Å². The van der Waals surface area contributed by atoms with Crippen LogP contribution < -0.4 is 20.7 Å². The molecule has 1 saturated carbocycles. The number of aromatic amines is 1. The first-order valence-corrected chi connectivity index (χ1v) is 12.3. The van der Waals surface area contributed by atoms with Crippen LogP contribution in [0.4, 0.5) is 0 Å². The van der Waals surface area contributed by atoms with Gasteiger partial charge in [0.1, 0.15) is 29.8 Å². The molecule has 1 aromatic carbocycles. The summed E-state index contributed by atoms with van der Waals surface area (Å²) < 4.78 is 5.37. The molecular weight excluding hydrogens is 446 g/mol. The average Bonchev–Trinajstić information content (AvgIpc) is 3.52. The van der Waals surface area contributed by atoms with Crippen molar-refractivity contribution >= 4 is 22.7 Å². The third-order valence-electron chi connectivity index (χ3n) is 7.11. The topological polar surface area (TPSA) is 139 Å². The van der Waals surface area contributed by atoms with Crippen molar-refractivity contribution < 1.29 is 19.4 Å². The highest BCUT2D eigenvalue weighted by Gasteiger charge is 2.36. The fourth-order valence-corrected chi connectivity index (χ4v) is 4.84. The molecule has 1 aromatic heterocycles. The van der Waals surface area contributed by atoms with Gasteiger partial charge in [-0.1, -0.05) is 18.9 Å². The van der Waals surface area contributed by atoms with E-state index < -0.39 is 18.3 Å². The van der Waals surface area contributed by atoms with Crippen molar-refractivity contribution in [3.05, 3.63) is 30.0 Å². The second kappa shape index (κ2) is 10.3. The van der Waals surface area contributed by atoms with E-state index in [1.54, 1.807) is 13.2 Å². The number of fused-ring (bicyclic) bond motifs is 1. The number of aliphatic hydroxyl groups excluding tert-OH is 1. The summed E-state index contributed by atoms with van der Waals surface area (Å²) in [6.45, 7) is 4.06. The van der Waals surface area contributed by atoms with Gasteiger partial charge >= 0.3 is 0 Å². The number of hydrogen-bond acceptors (Lipinski definition) is 6. The van der Waals surface area contributed by atoms with E-state index in [0.29, 0.717) is 30.2 Å². The molecule has 0 spiro atoms. The molecule has 2 amide bonds. The Labute approximate surface area is 205 Å². The van der Waals surface area contributed by atoms with E-state index in [-0.39, 0.29) is 23.3 Å². The molecule has 2 aliphatic rings. The highest BCUT2D eigenvalue weighted by molar-refractivity contribution is 6.01. The lowest BCUT2D eigenvalue weighted by atomic mass is 9.83. The van der Waals surface area contributed by atoms with Crippen molar-refractivity contribution in [2.24, 2.45) is 11.8 Å². The number of H-pyrrole nitrogens is 1. The summed E-state index contributed by atoms with van der Waals surface area (Å²) in [7, 11) is 1.58. The lowest BCUT2D eigenvalue weighted by Crippen LogP contribution is -2.55. The summed E-state index contributed by atoms with van der Waals surface area (Å²) in [5, 5.41) is 29.8. The molecule has 4 rings (SSSR count). The summed E-state index contributed by atoms with van der Waals surface area (Å²) in [4.78, 5) is 29.3. The standard InChI is InChI=1S/C26H35N5O4/c1-26(2)10-9-16(23(32)31-26)12-17(14-27)28-24(33)20(11-15-7-8-15)30-25(34)21-13-18-19(29-21)5-4-6-22(18)35-3/h4-6,13,15-17,20,23,29,31-32H,7-12H2,1-3H3,(H,28,33)(H,30,34)/t16-,17-,20-,23?/m0/s1. The number of rotatable bonds is 9. The molecular formula is C26H35N5O4. The number of hydrogen-bond donors (Lipinski definition) is 5. The Bertz CT molecular complexity index is 1120. The van der Waals surface area contributed by atoms with Crippen molar-refractivity contribution in [3.8, 4) is 11.8 Å². The van der Waals surface area contributed by atoms with Crippen LogP contribution in [0, 0.1) is 23.2 Å². The fraction of sp³-hybridized carbons (Fsp3) is 0.577. The van der Waals surface area contributed by atoms with Gasteiger partial charge in [0.25, 0.3) is 5.91 Å². The zero-order chi connectivity index (χ0) is 25.2. The Kier molecular flexibility index (Phi) is 7.33. The number of amides is 2. The van der Waals surface area contributed by atoms with E-state index in [0.717, 1.165) is 36.6 Å². The van der Waals surface area contributed by atoms with Crippen LogP contribution in [-0.2, 0) is 4.79 Å². The van der Waals surface area contributed by atoms with Crippen molar-refractivity contribution in [2.45, 2.75) is 76.2 Å². The minimum absolute atomic E-state index is 0.134. The van der Waals surface area contributed by atoms with Crippen LogP contribution in [0.15, 0.2) is 24.3 Å². The number of benzene rings is 1. The molecule has 0 bridgehead atoms. The monoisotopic (exact) mass is 481 g/mol. The quantitative estimate of drug-likeness (QED) is 0.373. The van der Waals surface area contributed by atoms with E-state index in [2.05, 4.69) is 27.0 Å². The summed E-state index contributed by atoms with van der Waals surface area (Å²) in [5.41, 5.74) is 0.951. The second-order valence-electron chi connectivity index (χ2n) is 10.5. The van der Waals surface area contributed by atoms with Crippen molar-refractivity contribution in [1.29, 1.82) is 5.26 Å². The van der Waals surface area contributed by atoms with Gasteiger partial charge in [-0.3, -0.25) is 14.9 Å². The third-order valence-corrected chi connectivity index (χ3v) is 7.11. The van der Waals surface area contributed by atoms with E-state index in [4.69, 9.17) is 4.74 Å². The summed E-state index contributed by atoms with van der Waals surface area (Å²) in [6.07, 6.45) is 3.84. The van der Waals surface area contributed by atoms with Gasteiger partial charge < -0.3 is 25.5 Å². The Balaban J connectivity index is 1.41. The zero-order valence-corrected chi connectivity index (χ0v) is 20.6. The van der Waals surface area contributed by atoms with Crippen molar-refractivity contribution in [3.63, 3.8) is 0 Å². The molecule has 9 nitrogen and oxygen atoms in total. The molecule has 35 heavy (non-hydrogen) atoms. The summed E-state index contributed by atoms with van der Waals surface area (Å²) in [6, 6.07) is 7.90. The van der Waals surface area contributed by atoms with E-state index in [9.17, 15) is 20.0 Å². The first-order chi connectivity index (χ1) is 16.7. The predicted octanol–water partition coefficient (Wildman–Crippen LogP) is 2.57. The number of nitriles is 1. The highest BCUT2D eigenvalue weighted by Crippen LogP contribution is 2.34. The minimum Gasteiger partial charge on any atom is -0.496 e. The molecule has 1 unspecified atom stereocenters. The zero-order valence-electron chi connectivity index (χ0n) is 20.6. The lowest BCUT2D eigenvalue weighted by Gasteiger charge is -2.40. The maximum absolute atomic E-state index is 13.2. The van der Waals surface area contributed by atoms with Gasteiger partial charge in [-0.25, -0.2) is 0 Å². The first kappa shape index (κ1) is 25.0. The lowest BCUT2D eigenvalue weighted by molar-refractivity contribution is -0.123. The van der Waals surface area contributed by atoms with Crippen LogP contribution in [-0.4, -0.2) is 52.9 Å². The number of ether oxygens (including phenoxy) is 1. The predicted molar refractivity (Wildman–Crippen MR) is 132 cm³/mol. The van der Waals surface area contributed by atoms with Gasteiger partial charge in [0.2, 0.25) is 5.91 Å². The molecule has 2 heterocycles. The van der Waals surface area contributed by atoms with E-state index in [1.807, 2.05) is 32.0 Å². The number of methoxy groups -OCH3 is 1. The van der Waals surface area contributed by atoms with E-state index in [1.165, 1.54) is 0 Å². The van der Waals surface area contributed by atoms with Crippen LogP contribution in [0.5, 0.6) is 5.75 Å². The van der Waals surface area contributed by atoms with Crippen LogP contribution >= 0.6 is 0 Å². The number of nitrogens with zero attached hydrogens (tertiary/aromatic N) is 1. The van der Waals surface area contributed by atoms with Crippen molar-refractivity contribution in [1.82, 2.24) is 20.9 Å². The van der Waals surface area contributed by atoms with Crippen molar-refractivity contribution in [2.75, 3.05) is 7.11 Å². The highest BCUT2D eigenvalue weighted by atomic mass is 16.5. The molecule has 1 aliphatic heterocycles. The second-order valence-corrected chi connectivity index (χ2v) is 10.5. The van der Waals surface area contributed by atoms with Gasteiger partial charge in [-0.05, 0) is 63.6 Å². The normalized spacial score (nSPS) is 23.2. The maximum atomic E-state index is 13.2. The van der Waals surface area contributed by atoms with Gasteiger partial charge in [0.15, 0.2) is 0 Å². The van der Waals surface area contributed by atoms with Crippen LogP contribution in [0.2, 0.25) is 0 Å². The molecule has 4 atom stereocenters. The SMILES string of the molecule is COc1cccc2[nH]c(C(=O)N[C@@H](CC3CC3)C(=O)N[C@H](C#N)C[C@@H]3CCC(C)(C)NC3O)cc12. The number of aromatic nitrogens is 1. The Hall–Kier alpha value is -3.09. The number of carbonyl (C=O) groups excluding carboxylic acids is 2. The third kappa shape index (κ3) is 6.13. The molecule has 1 aliphatic carbocycles. The fourth-order valence-electron chi connectivity index (χ4n) is 4.84. The number of aliphatic hydroxyl groups is 1. The molecule has 2 aromatic rings. The average molecular weight is 482 g/mol. The number of carbonyl (C=O) groups is 2. The maximum Gasteiger partial charge on any atom is 0.268 e. The van der Waals surface area contributed by atoms with Crippen LogP contribution in [0.1, 0.15) is 62.9 Å². The Morgan fingerprint density at radius 1 is 1.26 bits per heavy atom. The van der Waals surface area contributed by atoms with E-state index >= 15 is 0 Å². The van der Waals surface area contributed by atoms with Gasteiger partial charge in [-0.15, -0.1) is 0 Å². The largest absolute Gasteiger partial charge is 0.496 e. The number of piperidine rings is 1. The molecule has 1 saturated heterocycles. The molecule has 9 heteroatoms. The molecule has 0 radical (unpaired) electrons. The first-order valence-electron chi connectivity index (χ1n) is 12.3. The smallest absolute Gasteiger partial charge is 0.268 e. The molecule has 5 N–H and O–H groups in total. The summed E-state index contributed by atoms with van der Waals surface area (Å²) in [5.74, 6) is 0.159. The van der Waals surface area contributed by atoms with Gasteiger partial charge in [0.05, 0.1) is 13.2 Å². The molecule has 2 fully saturated rings. The minimum atomic E-state index is -0.749. The van der Waals surface area contributed by atoms with Gasteiger partial charge in [0, 0.05) is 22.4 Å². The Morgan fingerprint density at radius 3 is 2.69 bits per heavy atom.